The highest BCUT2D eigenvalue weighted by molar-refractivity contribution is 5.91. The molecule has 2 nitrogen and oxygen atoms in total. The van der Waals surface area contributed by atoms with E-state index in [1.165, 1.54) is 11.1 Å². The van der Waals surface area contributed by atoms with Gasteiger partial charge in [-0.1, -0.05) is 67.9 Å². The fourth-order valence-electron chi connectivity index (χ4n) is 2.12. The van der Waals surface area contributed by atoms with E-state index in [0.717, 1.165) is 11.1 Å². The Bertz CT molecular complexity index is 636. The van der Waals surface area contributed by atoms with Gasteiger partial charge >= 0.3 is 0 Å². The zero-order valence-electron chi connectivity index (χ0n) is 13.5. The maximum absolute atomic E-state index is 11.8. The van der Waals surface area contributed by atoms with Gasteiger partial charge in [0.25, 0.3) is 0 Å². The van der Waals surface area contributed by atoms with E-state index in [0.29, 0.717) is 12.5 Å². The molecule has 0 saturated heterocycles. The molecule has 0 aromatic heterocycles. The molecular weight excluding hydrogens is 270 g/mol. The Labute approximate surface area is 132 Å². The van der Waals surface area contributed by atoms with E-state index >= 15 is 0 Å². The van der Waals surface area contributed by atoms with Crippen LogP contribution in [0.25, 0.3) is 6.08 Å². The van der Waals surface area contributed by atoms with Gasteiger partial charge in [0.05, 0.1) is 0 Å². The van der Waals surface area contributed by atoms with Crippen molar-refractivity contribution in [1.82, 2.24) is 5.32 Å². The van der Waals surface area contributed by atoms with Gasteiger partial charge in [-0.25, -0.2) is 0 Å². The summed E-state index contributed by atoms with van der Waals surface area (Å²) in [6, 6.07) is 16.5. The van der Waals surface area contributed by atoms with Gasteiger partial charge in [-0.05, 0) is 35.6 Å². The van der Waals surface area contributed by atoms with Gasteiger partial charge in [0.1, 0.15) is 0 Å². The fraction of sp³-hybridized carbons (Fsp3) is 0.250. The van der Waals surface area contributed by atoms with Gasteiger partial charge in [-0.3, -0.25) is 4.79 Å². The minimum absolute atomic E-state index is 0.0755. The summed E-state index contributed by atoms with van der Waals surface area (Å²) >= 11 is 0. The number of nitrogens with one attached hydrogen (secondary N) is 1. The van der Waals surface area contributed by atoms with Crippen molar-refractivity contribution in [2.24, 2.45) is 0 Å². The maximum atomic E-state index is 11.8. The van der Waals surface area contributed by atoms with Crippen LogP contribution in [0.4, 0.5) is 0 Å². The third-order valence-electron chi connectivity index (χ3n) is 3.62. The molecule has 0 aliphatic rings. The summed E-state index contributed by atoms with van der Waals surface area (Å²) in [5, 5.41) is 2.89. The van der Waals surface area contributed by atoms with Crippen molar-refractivity contribution in [3.8, 4) is 0 Å². The van der Waals surface area contributed by atoms with Gasteiger partial charge < -0.3 is 5.32 Å². The van der Waals surface area contributed by atoms with E-state index in [1.807, 2.05) is 42.5 Å². The van der Waals surface area contributed by atoms with Crippen LogP contribution in [-0.2, 0) is 11.3 Å². The lowest BCUT2D eigenvalue weighted by atomic mass is 10.0. The van der Waals surface area contributed by atoms with Crippen LogP contribution in [0.2, 0.25) is 0 Å². The van der Waals surface area contributed by atoms with Gasteiger partial charge in [-0.2, -0.15) is 0 Å². The van der Waals surface area contributed by atoms with Crippen molar-refractivity contribution >= 4 is 12.0 Å². The van der Waals surface area contributed by atoms with Crippen molar-refractivity contribution in [2.45, 2.75) is 33.2 Å². The summed E-state index contributed by atoms with van der Waals surface area (Å²) < 4.78 is 0. The second-order valence-electron chi connectivity index (χ2n) is 5.86. The van der Waals surface area contributed by atoms with Gasteiger partial charge in [0, 0.05) is 12.6 Å². The molecule has 2 rings (SSSR count). The van der Waals surface area contributed by atoms with Crippen LogP contribution in [0.1, 0.15) is 42.0 Å². The second kappa shape index (κ2) is 7.60. The molecule has 0 aliphatic heterocycles. The number of rotatable bonds is 5. The Balaban J connectivity index is 1.87. The monoisotopic (exact) mass is 293 g/mol. The summed E-state index contributed by atoms with van der Waals surface area (Å²) in [6.07, 6.45) is 3.42. The smallest absolute Gasteiger partial charge is 0.244 e. The second-order valence-corrected chi connectivity index (χ2v) is 5.86. The number of aryl methyl sites for hydroxylation is 1. The average molecular weight is 293 g/mol. The first-order valence-corrected chi connectivity index (χ1v) is 7.66. The van der Waals surface area contributed by atoms with E-state index in [-0.39, 0.29) is 5.91 Å². The largest absolute Gasteiger partial charge is 0.348 e. The first-order valence-electron chi connectivity index (χ1n) is 7.66. The van der Waals surface area contributed by atoms with Crippen molar-refractivity contribution < 1.29 is 4.79 Å². The molecule has 0 saturated carbocycles. The standard InChI is InChI=1S/C20H23NO/c1-15(2)19-11-8-17(9-12-19)10-13-20(22)21-14-18-6-4-16(3)5-7-18/h4-13,15H,14H2,1-3H3,(H,21,22). The molecule has 0 spiro atoms. The first-order chi connectivity index (χ1) is 10.5. The number of carbonyl (C=O) groups excluding carboxylic acids is 1. The van der Waals surface area contributed by atoms with Crippen molar-refractivity contribution in [1.29, 1.82) is 0 Å². The third kappa shape index (κ3) is 4.88. The molecule has 0 atom stereocenters. The van der Waals surface area contributed by atoms with Crippen LogP contribution in [-0.4, -0.2) is 5.91 Å². The quantitative estimate of drug-likeness (QED) is 0.811. The zero-order valence-corrected chi connectivity index (χ0v) is 13.5. The topological polar surface area (TPSA) is 29.1 Å². The molecule has 0 unspecified atom stereocenters. The van der Waals surface area contributed by atoms with E-state index < -0.39 is 0 Å². The van der Waals surface area contributed by atoms with Crippen LogP contribution in [0.5, 0.6) is 0 Å². The molecular formula is C20H23NO. The molecule has 2 aromatic rings. The molecule has 0 radical (unpaired) electrons. The maximum Gasteiger partial charge on any atom is 0.244 e. The molecule has 2 heteroatoms. The lowest BCUT2D eigenvalue weighted by Crippen LogP contribution is -2.20. The molecule has 0 aliphatic carbocycles. The number of hydrogen-bond acceptors (Lipinski definition) is 1. The van der Waals surface area contributed by atoms with Crippen LogP contribution < -0.4 is 5.32 Å². The van der Waals surface area contributed by atoms with Crippen molar-refractivity contribution in [2.75, 3.05) is 0 Å². The third-order valence-corrected chi connectivity index (χ3v) is 3.62. The number of benzene rings is 2. The Kier molecular flexibility index (Phi) is 5.54. The normalized spacial score (nSPS) is 11.1. The van der Waals surface area contributed by atoms with E-state index in [1.54, 1.807) is 6.08 Å². The Morgan fingerprint density at radius 1 is 1.05 bits per heavy atom. The predicted octanol–water partition coefficient (Wildman–Crippen LogP) is 4.45. The molecule has 114 valence electrons. The minimum atomic E-state index is -0.0755. The van der Waals surface area contributed by atoms with Crippen molar-refractivity contribution in [3.05, 3.63) is 76.9 Å². The summed E-state index contributed by atoms with van der Waals surface area (Å²) in [4.78, 5) is 11.8. The molecule has 0 fully saturated rings. The molecule has 1 amide bonds. The van der Waals surface area contributed by atoms with E-state index in [2.05, 4.69) is 38.2 Å². The highest BCUT2D eigenvalue weighted by atomic mass is 16.1. The van der Waals surface area contributed by atoms with E-state index in [4.69, 9.17) is 0 Å². The number of amides is 1. The zero-order chi connectivity index (χ0) is 15.9. The predicted molar refractivity (Wildman–Crippen MR) is 92.6 cm³/mol. The lowest BCUT2D eigenvalue weighted by Gasteiger charge is -2.05. The van der Waals surface area contributed by atoms with Gasteiger partial charge in [-0.15, -0.1) is 0 Å². The highest BCUT2D eigenvalue weighted by Crippen LogP contribution is 2.15. The fourth-order valence-corrected chi connectivity index (χ4v) is 2.12. The first kappa shape index (κ1) is 16.0. The molecule has 0 heterocycles. The van der Waals surface area contributed by atoms with Crippen LogP contribution in [0.3, 0.4) is 0 Å². The number of carbonyl (C=O) groups is 1. The van der Waals surface area contributed by atoms with Gasteiger partial charge in [0.15, 0.2) is 0 Å². The average Bonchev–Trinajstić information content (AvgIpc) is 2.52. The Morgan fingerprint density at radius 3 is 2.27 bits per heavy atom. The Hall–Kier alpha value is -2.35. The highest BCUT2D eigenvalue weighted by Gasteiger charge is 1.99. The van der Waals surface area contributed by atoms with Crippen molar-refractivity contribution in [3.63, 3.8) is 0 Å². The summed E-state index contributed by atoms with van der Waals surface area (Å²) in [7, 11) is 0. The van der Waals surface area contributed by atoms with Gasteiger partial charge in [0.2, 0.25) is 5.91 Å². The molecule has 1 N–H and O–H groups in total. The minimum Gasteiger partial charge on any atom is -0.348 e. The van der Waals surface area contributed by atoms with Crippen LogP contribution >= 0.6 is 0 Å². The van der Waals surface area contributed by atoms with Crippen LogP contribution in [0, 0.1) is 6.92 Å². The molecule has 0 bridgehead atoms. The number of hydrogen-bond donors (Lipinski definition) is 1. The lowest BCUT2D eigenvalue weighted by molar-refractivity contribution is -0.116. The van der Waals surface area contributed by atoms with Crippen LogP contribution in [0.15, 0.2) is 54.6 Å². The molecule has 22 heavy (non-hydrogen) atoms. The summed E-state index contributed by atoms with van der Waals surface area (Å²) in [6.45, 7) is 6.94. The summed E-state index contributed by atoms with van der Waals surface area (Å²) in [5.74, 6) is 0.448. The molecule has 2 aromatic carbocycles. The Morgan fingerprint density at radius 2 is 1.68 bits per heavy atom. The SMILES string of the molecule is Cc1ccc(CNC(=O)C=Cc2ccc(C(C)C)cc2)cc1. The van der Waals surface area contributed by atoms with E-state index in [9.17, 15) is 4.79 Å². The summed E-state index contributed by atoms with van der Waals surface area (Å²) in [5.41, 5.74) is 4.67.